The van der Waals surface area contributed by atoms with Gasteiger partial charge in [0.2, 0.25) is 0 Å². The highest BCUT2D eigenvalue weighted by atomic mass is 16.3. The van der Waals surface area contributed by atoms with Crippen LogP contribution in [0.4, 0.5) is 17.1 Å². The second-order valence-corrected chi connectivity index (χ2v) is 11.7. The smallest absolute Gasteiger partial charge is 0.136 e. The minimum Gasteiger partial charge on any atom is -0.456 e. The van der Waals surface area contributed by atoms with E-state index in [1.54, 1.807) is 17.0 Å². The summed E-state index contributed by atoms with van der Waals surface area (Å²) in [6.45, 7) is 0. The molecule has 0 bridgehead atoms. The van der Waals surface area contributed by atoms with E-state index in [-0.39, 0.29) is 17.8 Å². The minimum absolute atomic E-state index is 0.0651. The number of hydrogen-bond acceptors (Lipinski definition) is 2. The third-order valence-electron chi connectivity index (χ3n) is 8.77. The van der Waals surface area contributed by atoms with Crippen LogP contribution >= 0.6 is 0 Å². The molecule has 0 radical (unpaired) electrons. The number of anilines is 3. The van der Waals surface area contributed by atoms with Gasteiger partial charge in [-0.25, -0.2) is 0 Å². The lowest BCUT2D eigenvalue weighted by Crippen LogP contribution is -2.09. The third-order valence-corrected chi connectivity index (χ3v) is 8.77. The van der Waals surface area contributed by atoms with E-state index in [1.807, 2.05) is 121 Å². The van der Waals surface area contributed by atoms with Gasteiger partial charge in [0, 0.05) is 27.8 Å². The summed E-state index contributed by atoms with van der Waals surface area (Å²) < 4.78 is 66.3. The Morgan fingerprint density at radius 1 is 0.396 bits per heavy atom. The van der Waals surface area contributed by atoms with Crippen molar-refractivity contribution < 1.29 is 14.0 Å². The Morgan fingerprint density at radius 2 is 1.02 bits per heavy atom. The van der Waals surface area contributed by atoms with E-state index in [4.69, 9.17) is 14.0 Å². The lowest BCUT2D eigenvalue weighted by Gasteiger charge is -2.26. The zero-order valence-electron chi connectivity index (χ0n) is 32.7. The van der Waals surface area contributed by atoms with Crippen molar-refractivity contribution in [3.8, 4) is 33.4 Å². The number of rotatable bonds is 6. The van der Waals surface area contributed by atoms with Gasteiger partial charge in [-0.2, -0.15) is 0 Å². The summed E-state index contributed by atoms with van der Waals surface area (Å²) in [7, 11) is 0. The Morgan fingerprint density at radius 3 is 1.77 bits per heavy atom. The molecular weight excluding hydrogens is 583 g/mol. The van der Waals surface area contributed by atoms with E-state index in [9.17, 15) is 0 Å². The summed E-state index contributed by atoms with van der Waals surface area (Å²) in [5.74, 6) is 0. The van der Waals surface area contributed by atoms with Crippen molar-refractivity contribution in [2.24, 2.45) is 0 Å². The second-order valence-electron chi connectivity index (χ2n) is 11.7. The lowest BCUT2D eigenvalue weighted by atomic mass is 9.96. The highest BCUT2D eigenvalue weighted by molar-refractivity contribution is 6.19. The zero-order chi connectivity index (χ0) is 38.0. The third kappa shape index (κ3) is 5.01. The fraction of sp³-hybridized carbons (Fsp3) is 0. The summed E-state index contributed by atoms with van der Waals surface area (Å²) >= 11 is 0. The highest BCUT2D eigenvalue weighted by Crippen LogP contribution is 2.39. The first-order chi connectivity index (χ1) is 26.7. The molecule has 9 rings (SSSR count). The van der Waals surface area contributed by atoms with Crippen LogP contribution in [0.3, 0.4) is 0 Å². The molecule has 0 aliphatic rings. The molecule has 2 nitrogen and oxygen atoms in total. The fourth-order valence-electron chi connectivity index (χ4n) is 6.43. The first-order valence-electron chi connectivity index (χ1n) is 19.3. The molecule has 0 unspecified atom stereocenters. The average molecular weight is 621 g/mol. The van der Waals surface area contributed by atoms with E-state index >= 15 is 0 Å². The van der Waals surface area contributed by atoms with E-state index in [2.05, 4.69) is 12.1 Å². The molecule has 226 valence electrons. The number of benzene rings is 8. The van der Waals surface area contributed by atoms with Crippen LogP contribution in [0.5, 0.6) is 0 Å². The molecule has 48 heavy (non-hydrogen) atoms. The van der Waals surface area contributed by atoms with Gasteiger partial charge >= 0.3 is 0 Å². The molecule has 0 saturated heterocycles. The summed E-state index contributed by atoms with van der Waals surface area (Å²) in [4.78, 5) is 1.71. The zero-order valence-corrected chi connectivity index (χ0v) is 25.7. The van der Waals surface area contributed by atoms with Crippen LogP contribution in [0, 0.1) is 0 Å². The van der Waals surface area contributed by atoms with Crippen molar-refractivity contribution in [2.75, 3.05) is 4.90 Å². The molecule has 0 atom stereocenters. The van der Waals surface area contributed by atoms with Crippen molar-refractivity contribution in [2.45, 2.75) is 0 Å². The van der Waals surface area contributed by atoms with Gasteiger partial charge in [-0.15, -0.1) is 0 Å². The number of nitrogens with zero attached hydrogens (tertiary/aromatic N) is 1. The van der Waals surface area contributed by atoms with Gasteiger partial charge in [0.25, 0.3) is 0 Å². The van der Waals surface area contributed by atoms with Crippen LogP contribution in [-0.2, 0) is 0 Å². The molecule has 0 fully saturated rings. The van der Waals surface area contributed by atoms with Gasteiger partial charge < -0.3 is 9.32 Å². The molecule has 0 aliphatic carbocycles. The predicted molar refractivity (Wildman–Crippen MR) is 202 cm³/mol. The van der Waals surface area contributed by atoms with E-state index in [0.717, 1.165) is 49.5 Å². The highest BCUT2D eigenvalue weighted by Gasteiger charge is 2.14. The van der Waals surface area contributed by atoms with Crippen molar-refractivity contribution in [3.05, 3.63) is 188 Å². The summed E-state index contributed by atoms with van der Waals surface area (Å²) in [6, 6.07) is 45.6. The Labute approximate surface area is 289 Å². The van der Waals surface area contributed by atoms with Crippen LogP contribution < -0.4 is 4.90 Å². The van der Waals surface area contributed by atoms with Gasteiger partial charge in [0.1, 0.15) is 11.2 Å². The second kappa shape index (κ2) is 11.8. The van der Waals surface area contributed by atoms with Crippen LogP contribution in [0.15, 0.2) is 192 Å². The predicted octanol–water partition coefficient (Wildman–Crippen LogP) is 13.2. The number of fused-ring (bicyclic) bond motifs is 5. The van der Waals surface area contributed by atoms with Gasteiger partial charge in [0.15, 0.2) is 0 Å². The molecule has 0 amide bonds. The van der Waals surface area contributed by atoms with Crippen molar-refractivity contribution in [1.29, 1.82) is 0 Å². The van der Waals surface area contributed by atoms with Gasteiger partial charge in [-0.1, -0.05) is 127 Å². The average Bonchev–Trinajstić information content (AvgIpc) is 3.61. The van der Waals surface area contributed by atoms with Crippen LogP contribution in [-0.4, -0.2) is 0 Å². The maximum Gasteiger partial charge on any atom is 0.136 e. The Hall–Kier alpha value is -6.38. The normalized spacial score (nSPS) is 13.4. The maximum absolute atomic E-state index is 9.10. The van der Waals surface area contributed by atoms with Crippen LogP contribution in [0.2, 0.25) is 0 Å². The summed E-state index contributed by atoms with van der Waals surface area (Å²) in [6.07, 6.45) is 0. The van der Waals surface area contributed by atoms with E-state index in [1.165, 1.54) is 0 Å². The molecule has 1 aromatic heterocycles. The molecule has 0 aliphatic heterocycles. The van der Waals surface area contributed by atoms with E-state index < -0.39 is 18.1 Å². The number of hydrogen-bond donors (Lipinski definition) is 0. The summed E-state index contributed by atoms with van der Waals surface area (Å²) in [5, 5.41) is 3.14. The van der Waals surface area contributed by atoms with Crippen molar-refractivity contribution in [3.63, 3.8) is 0 Å². The Bertz CT molecular complexity index is 2910. The molecule has 2 heteroatoms. The SMILES string of the molecule is [2H]c1c([2H])c([2H])c(N(c2ccc(-c3ccccc3)cc2)c2ccc(-c3cccc(-c4cc([2H])c5c(ccc6oc7cccc([2H])c7c65)c4)c3)cc2)c([2H])c1[2H]. The van der Waals surface area contributed by atoms with E-state index in [0.29, 0.717) is 40.0 Å². The first-order valence-corrected chi connectivity index (χ1v) is 15.8. The lowest BCUT2D eigenvalue weighted by molar-refractivity contribution is 0.669. The molecule has 0 spiro atoms. The minimum atomic E-state index is -0.442. The molecule has 1 heterocycles. The fourth-order valence-corrected chi connectivity index (χ4v) is 6.43. The Balaban J connectivity index is 1.10. The first kappa shape index (κ1) is 21.4. The van der Waals surface area contributed by atoms with Gasteiger partial charge in [0.05, 0.1) is 9.60 Å². The Kier molecular flexibility index (Phi) is 5.25. The molecule has 9 aromatic rings. The molecular formula is C46H31NO. The van der Waals surface area contributed by atoms with Gasteiger partial charge in [-0.05, 0) is 105 Å². The largest absolute Gasteiger partial charge is 0.456 e. The quantitative estimate of drug-likeness (QED) is 0.184. The van der Waals surface area contributed by atoms with Crippen molar-refractivity contribution in [1.82, 2.24) is 0 Å². The maximum atomic E-state index is 9.10. The van der Waals surface area contributed by atoms with Gasteiger partial charge in [-0.3, -0.25) is 0 Å². The number of furan rings is 1. The van der Waals surface area contributed by atoms with Crippen LogP contribution in [0.25, 0.3) is 66.1 Å². The molecule has 0 saturated carbocycles. The number of para-hydroxylation sites is 2. The van der Waals surface area contributed by atoms with Crippen LogP contribution in [0.1, 0.15) is 9.60 Å². The summed E-state index contributed by atoms with van der Waals surface area (Å²) in [5.41, 5.74) is 8.38. The van der Waals surface area contributed by atoms with Crippen molar-refractivity contribution >= 4 is 49.8 Å². The topological polar surface area (TPSA) is 16.4 Å². The molecule has 0 N–H and O–H groups in total. The standard InChI is InChI=1S/C46H31NO/c1-3-10-32(11-4-1)33-18-24-40(25-19-33)47(39-14-5-2-6-15-39)41-26-20-34(21-27-41)35-12-9-13-36(30-35)37-22-28-42-38(31-37)23-29-45-46(42)43-16-7-8-17-44(43)48-45/h1-31H/i2D,5D,6D,14D,15D,16D,28D. The molecule has 8 aromatic carbocycles. The monoisotopic (exact) mass is 620 g/mol.